The first-order chi connectivity index (χ1) is 9.60. The predicted molar refractivity (Wildman–Crippen MR) is 70.8 cm³/mol. The third-order valence-electron chi connectivity index (χ3n) is 3.82. The van der Waals surface area contributed by atoms with Crippen LogP contribution in [0.25, 0.3) is 10.4 Å². The van der Waals surface area contributed by atoms with Gasteiger partial charge in [-0.1, -0.05) is 5.11 Å². The van der Waals surface area contributed by atoms with Gasteiger partial charge in [0.1, 0.15) is 0 Å². The fraction of sp³-hybridized carbons (Fsp3) is 0.500. The van der Waals surface area contributed by atoms with E-state index in [0.29, 0.717) is 6.07 Å². The van der Waals surface area contributed by atoms with E-state index in [9.17, 15) is 13.2 Å². The van der Waals surface area contributed by atoms with E-state index in [4.69, 9.17) is 14.8 Å². The van der Waals surface area contributed by atoms with Crippen LogP contribution in [0.1, 0.15) is 27.7 Å². The Morgan fingerprint density at radius 2 is 1.62 bits per heavy atom. The van der Waals surface area contributed by atoms with Crippen LogP contribution in [-0.2, 0) is 9.31 Å². The van der Waals surface area contributed by atoms with Crippen molar-refractivity contribution in [3.05, 3.63) is 34.0 Å². The highest BCUT2D eigenvalue weighted by atomic mass is 19.2. The smallest absolute Gasteiger partial charge is 0.399 e. The van der Waals surface area contributed by atoms with Crippen molar-refractivity contribution in [1.82, 2.24) is 0 Å². The topological polar surface area (TPSA) is 67.2 Å². The maximum atomic E-state index is 13.8. The van der Waals surface area contributed by atoms with Crippen LogP contribution in [0.2, 0.25) is 0 Å². The van der Waals surface area contributed by atoms with Crippen molar-refractivity contribution in [3.8, 4) is 0 Å². The lowest BCUT2D eigenvalue weighted by atomic mass is 9.77. The molecule has 1 saturated heterocycles. The van der Waals surface area contributed by atoms with Crippen LogP contribution in [-0.4, -0.2) is 18.3 Å². The quantitative estimate of drug-likeness (QED) is 0.276. The molecule has 9 heteroatoms. The van der Waals surface area contributed by atoms with Crippen LogP contribution >= 0.6 is 0 Å². The van der Waals surface area contributed by atoms with E-state index >= 15 is 0 Å². The minimum absolute atomic E-state index is 0.192. The van der Waals surface area contributed by atoms with Crippen molar-refractivity contribution in [2.75, 3.05) is 0 Å². The average molecular weight is 299 g/mol. The van der Waals surface area contributed by atoms with Crippen LogP contribution in [0.4, 0.5) is 18.9 Å². The molecule has 1 aliphatic heterocycles. The highest BCUT2D eigenvalue weighted by molar-refractivity contribution is 6.63. The number of hydrogen-bond acceptors (Lipinski definition) is 3. The number of nitrogens with zero attached hydrogens (tertiary/aromatic N) is 3. The van der Waals surface area contributed by atoms with Crippen molar-refractivity contribution in [3.63, 3.8) is 0 Å². The summed E-state index contributed by atoms with van der Waals surface area (Å²) >= 11 is 0. The van der Waals surface area contributed by atoms with Gasteiger partial charge in [0, 0.05) is 4.91 Å². The molecule has 0 saturated carbocycles. The van der Waals surface area contributed by atoms with Gasteiger partial charge in [-0.3, -0.25) is 0 Å². The molecule has 0 aromatic heterocycles. The van der Waals surface area contributed by atoms with Crippen LogP contribution in [0.15, 0.2) is 11.2 Å². The van der Waals surface area contributed by atoms with Crippen LogP contribution < -0.4 is 5.46 Å². The second-order valence-corrected chi connectivity index (χ2v) is 5.70. The number of azide groups is 1. The summed E-state index contributed by atoms with van der Waals surface area (Å²) in [7, 11) is -1.17. The van der Waals surface area contributed by atoms with Gasteiger partial charge in [-0.2, -0.15) is 0 Å². The lowest BCUT2D eigenvalue weighted by Gasteiger charge is -2.32. The average Bonchev–Trinajstić information content (AvgIpc) is 2.59. The van der Waals surface area contributed by atoms with E-state index in [2.05, 4.69) is 10.0 Å². The Labute approximate surface area is 119 Å². The van der Waals surface area contributed by atoms with Crippen molar-refractivity contribution in [2.24, 2.45) is 5.11 Å². The molecule has 0 atom stereocenters. The molecule has 112 valence electrons. The summed E-state index contributed by atoms with van der Waals surface area (Å²) in [6.45, 7) is 6.99. The zero-order chi connectivity index (χ0) is 16.0. The molecule has 0 unspecified atom stereocenters. The number of benzene rings is 1. The largest absolute Gasteiger partial charge is 0.495 e. The highest BCUT2D eigenvalue weighted by Gasteiger charge is 2.52. The fourth-order valence-corrected chi connectivity index (χ4v) is 1.90. The summed E-state index contributed by atoms with van der Waals surface area (Å²) < 4.78 is 51.7. The van der Waals surface area contributed by atoms with Gasteiger partial charge in [-0.15, -0.1) is 0 Å². The van der Waals surface area contributed by atoms with Crippen LogP contribution in [0.3, 0.4) is 0 Å². The normalized spacial score (nSPS) is 19.5. The third-order valence-corrected chi connectivity index (χ3v) is 3.82. The lowest BCUT2D eigenvalue weighted by Crippen LogP contribution is -2.41. The Morgan fingerprint density at radius 1 is 1.10 bits per heavy atom. The minimum atomic E-state index is -1.71. The first-order valence-electron chi connectivity index (χ1n) is 6.19. The van der Waals surface area contributed by atoms with Crippen molar-refractivity contribution < 1.29 is 22.5 Å². The first-order valence-corrected chi connectivity index (χ1v) is 6.19. The van der Waals surface area contributed by atoms with Gasteiger partial charge in [0.05, 0.1) is 16.9 Å². The SMILES string of the molecule is CC1(C)OB(c2cc(F)c(F)c(F)c2N=[N+]=[N-])OC1(C)C. The van der Waals surface area contributed by atoms with Gasteiger partial charge in [-0.05, 0) is 44.8 Å². The van der Waals surface area contributed by atoms with Gasteiger partial charge >= 0.3 is 7.12 Å². The van der Waals surface area contributed by atoms with E-state index in [1.165, 1.54) is 0 Å². The molecule has 1 aromatic carbocycles. The van der Waals surface area contributed by atoms with E-state index in [1.807, 2.05) is 0 Å². The monoisotopic (exact) mass is 299 g/mol. The molecule has 0 bridgehead atoms. The molecule has 1 aromatic rings. The van der Waals surface area contributed by atoms with Gasteiger partial charge < -0.3 is 9.31 Å². The zero-order valence-corrected chi connectivity index (χ0v) is 11.9. The molecular weight excluding hydrogens is 286 g/mol. The summed E-state index contributed by atoms with van der Waals surface area (Å²) in [5, 5.41) is 3.09. The molecule has 0 amide bonds. The van der Waals surface area contributed by atoms with Crippen LogP contribution in [0.5, 0.6) is 0 Å². The molecule has 2 rings (SSSR count). The second-order valence-electron chi connectivity index (χ2n) is 5.70. The molecule has 21 heavy (non-hydrogen) atoms. The van der Waals surface area contributed by atoms with Gasteiger partial charge in [0.25, 0.3) is 0 Å². The summed E-state index contributed by atoms with van der Waals surface area (Å²) in [5.41, 5.74) is 6.09. The first kappa shape index (κ1) is 15.7. The Balaban J connectivity index is 2.58. The summed E-state index contributed by atoms with van der Waals surface area (Å²) in [6.07, 6.45) is 0. The maximum absolute atomic E-state index is 13.8. The number of hydrogen-bond donors (Lipinski definition) is 0. The lowest BCUT2D eigenvalue weighted by molar-refractivity contribution is 0.00578. The molecule has 0 spiro atoms. The van der Waals surface area contributed by atoms with Crippen LogP contribution in [0, 0.1) is 17.5 Å². The molecule has 5 nitrogen and oxygen atoms in total. The Hall–Kier alpha value is -1.70. The summed E-state index contributed by atoms with van der Waals surface area (Å²) in [6, 6.07) is 0.713. The third kappa shape index (κ3) is 2.48. The number of halogens is 3. The molecule has 0 radical (unpaired) electrons. The molecule has 1 heterocycles. The van der Waals surface area contributed by atoms with E-state index in [1.54, 1.807) is 27.7 Å². The zero-order valence-electron chi connectivity index (χ0n) is 11.9. The van der Waals surface area contributed by atoms with Gasteiger partial charge in [0.15, 0.2) is 17.5 Å². The predicted octanol–water partition coefficient (Wildman–Crippen LogP) is 3.34. The van der Waals surface area contributed by atoms with Gasteiger partial charge in [0.2, 0.25) is 0 Å². The fourth-order valence-electron chi connectivity index (χ4n) is 1.90. The van der Waals surface area contributed by atoms with Crippen molar-refractivity contribution in [2.45, 2.75) is 38.9 Å². The second kappa shape index (κ2) is 4.94. The minimum Gasteiger partial charge on any atom is -0.399 e. The van der Waals surface area contributed by atoms with Gasteiger partial charge in [-0.25, -0.2) is 13.2 Å². The Morgan fingerprint density at radius 3 is 2.10 bits per heavy atom. The van der Waals surface area contributed by atoms with E-state index < -0.39 is 41.5 Å². The summed E-state index contributed by atoms with van der Waals surface area (Å²) in [4.78, 5) is 2.43. The van der Waals surface area contributed by atoms with Crippen molar-refractivity contribution in [1.29, 1.82) is 0 Å². The van der Waals surface area contributed by atoms with Crippen molar-refractivity contribution >= 4 is 18.3 Å². The van der Waals surface area contributed by atoms with E-state index in [-0.39, 0.29) is 5.46 Å². The highest BCUT2D eigenvalue weighted by Crippen LogP contribution is 2.37. The molecule has 1 aliphatic rings. The molecule has 1 fully saturated rings. The Kier molecular flexibility index (Phi) is 3.69. The standard InChI is InChI=1S/C12H13BF3N3O2/c1-11(2)12(3,4)21-13(20-11)6-5-7(14)8(15)9(16)10(6)18-19-17/h5H,1-4H3. The molecular formula is C12H13BF3N3O2. The summed E-state index contributed by atoms with van der Waals surface area (Å²) in [5.74, 6) is -4.69. The molecule has 0 N–H and O–H groups in total. The van der Waals surface area contributed by atoms with E-state index in [0.717, 1.165) is 0 Å². The number of rotatable bonds is 2. The molecule has 0 aliphatic carbocycles. The Bertz CT molecular complexity index is 629. The maximum Gasteiger partial charge on any atom is 0.495 e.